The molecule has 0 unspecified atom stereocenters. The highest BCUT2D eigenvalue weighted by Gasteiger charge is 2.21. The molecule has 106 valence electrons. The van der Waals surface area contributed by atoms with Gasteiger partial charge in [0, 0.05) is 24.7 Å². The normalized spacial score (nSPS) is 14.9. The molecule has 1 aliphatic carbocycles. The molecule has 0 atom stereocenters. The van der Waals surface area contributed by atoms with Gasteiger partial charge < -0.3 is 15.0 Å². The van der Waals surface area contributed by atoms with Crippen LogP contribution in [-0.2, 0) is 6.54 Å². The highest BCUT2D eigenvalue weighted by Crippen LogP contribution is 2.25. The summed E-state index contributed by atoms with van der Waals surface area (Å²) in [4.78, 5) is 2.10. The van der Waals surface area contributed by atoms with E-state index in [2.05, 4.69) is 10.2 Å². The first kappa shape index (κ1) is 14.3. The number of ether oxygens (including phenoxy) is 1. The molecule has 0 radical (unpaired) electrons. The second-order valence-electron chi connectivity index (χ2n) is 5.39. The SMILES string of the molecule is CN(C)CCCOc1c(F)cccc1CNC1CC1. The molecular weight excluding hydrogens is 243 g/mol. The maximum Gasteiger partial charge on any atom is 0.165 e. The lowest BCUT2D eigenvalue weighted by molar-refractivity contribution is 0.268. The predicted octanol–water partition coefficient (Wildman–Crippen LogP) is 2.41. The first-order valence-corrected chi connectivity index (χ1v) is 6.95. The summed E-state index contributed by atoms with van der Waals surface area (Å²) in [6.07, 6.45) is 3.36. The molecule has 1 aliphatic rings. The van der Waals surface area contributed by atoms with Gasteiger partial charge >= 0.3 is 0 Å². The van der Waals surface area contributed by atoms with Crippen LogP contribution in [0.1, 0.15) is 24.8 Å². The van der Waals surface area contributed by atoms with Crippen LogP contribution >= 0.6 is 0 Å². The molecule has 0 bridgehead atoms. The van der Waals surface area contributed by atoms with Gasteiger partial charge in [0.1, 0.15) is 0 Å². The minimum atomic E-state index is -0.264. The number of para-hydroxylation sites is 1. The molecule has 1 N–H and O–H groups in total. The van der Waals surface area contributed by atoms with Gasteiger partial charge in [-0.15, -0.1) is 0 Å². The van der Waals surface area contributed by atoms with E-state index in [4.69, 9.17) is 4.74 Å². The molecule has 1 fully saturated rings. The Kier molecular flexibility index (Phi) is 5.16. The lowest BCUT2D eigenvalue weighted by atomic mass is 10.2. The van der Waals surface area contributed by atoms with Gasteiger partial charge in [0.15, 0.2) is 11.6 Å². The second kappa shape index (κ2) is 6.87. The van der Waals surface area contributed by atoms with E-state index >= 15 is 0 Å². The van der Waals surface area contributed by atoms with Crippen LogP contribution in [0.4, 0.5) is 4.39 Å². The van der Waals surface area contributed by atoms with Crippen molar-refractivity contribution in [2.45, 2.75) is 31.8 Å². The van der Waals surface area contributed by atoms with Crippen molar-refractivity contribution in [3.05, 3.63) is 29.6 Å². The van der Waals surface area contributed by atoms with Crippen molar-refractivity contribution in [3.63, 3.8) is 0 Å². The van der Waals surface area contributed by atoms with Gasteiger partial charge in [-0.1, -0.05) is 12.1 Å². The summed E-state index contributed by atoms with van der Waals surface area (Å²) < 4.78 is 19.4. The molecule has 2 rings (SSSR count). The van der Waals surface area contributed by atoms with Gasteiger partial charge in [-0.3, -0.25) is 0 Å². The van der Waals surface area contributed by atoms with Crippen molar-refractivity contribution < 1.29 is 9.13 Å². The summed E-state index contributed by atoms with van der Waals surface area (Å²) in [5, 5.41) is 3.39. The molecular formula is C15H23FN2O. The Morgan fingerprint density at radius 1 is 1.37 bits per heavy atom. The third-order valence-corrected chi connectivity index (χ3v) is 3.20. The second-order valence-corrected chi connectivity index (χ2v) is 5.39. The molecule has 0 amide bonds. The van der Waals surface area contributed by atoms with E-state index in [1.54, 1.807) is 6.07 Å². The third kappa shape index (κ3) is 4.80. The maximum absolute atomic E-state index is 13.8. The molecule has 0 aromatic heterocycles. The smallest absolute Gasteiger partial charge is 0.165 e. The Morgan fingerprint density at radius 2 is 2.16 bits per heavy atom. The highest BCUT2D eigenvalue weighted by molar-refractivity contribution is 5.35. The van der Waals surface area contributed by atoms with Crippen LogP contribution in [0, 0.1) is 5.82 Å². The fourth-order valence-corrected chi connectivity index (χ4v) is 1.95. The van der Waals surface area contributed by atoms with Crippen molar-refractivity contribution in [3.8, 4) is 5.75 Å². The van der Waals surface area contributed by atoms with E-state index in [1.165, 1.54) is 18.9 Å². The minimum Gasteiger partial charge on any atom is -0.490 e. The molecule has 0 saturated heterocycles. The van der Waals surface area contributed by atoms with Crippen molar-refractivity contribution in [1.82, 2.24) is 10.2 Å². The average Bonchev–Trinajstić information content (AvgIpc) is 3.17. The highest BCUT2D eigenvalue weighted by atomic mass is 19.1. The van der Waals surface area contributed by atoms with Crippen molar-refractivity contribution in [2.75, 3.05) is 27.2 Å². The molecule has 0 aliphatic heterocycles. The molecule has 1 aromatic rings. The molecule has 0 heterocycles. The number of halogens is 1. The molecule has 4 heteroatoms. The monoisotopic (exact) mass is 266 g/mol. The molecule has 3 nitrogen and oxygen atoms in total. The van der Waals surface area contributed by atoms with E-state index < -0.39 is 0 Å². The summed E-state index contributed by atoms with van der Waals surface area (Å²) >= 11 is 0. The van der Waals surface area contributed by atoms with Crippen LogP contribution < -0.4 is 10.1 Å². The van der Waals surface area contributed by atoms with E-state index in [0.29, 0.717) is 24.9 Å². The predicted molar refractivity (Wildman–Crippen MR) is 74.9 cm³/mol. The lowest BCUT2D eigenvalue weighted by Crippen LogP contribution is -2.18. The molecule has 19 heavy (non-hydrogen) atoms. The number of nitrogens with zero attached hydrogens (tertiary/aromatic N) is 1. The van der Waals surface area contributed by atoms with E-state index in [9.17, 15) is 4.39 Å². The number of hydrogen-bond donors (Lipinski definition) is 1. The van der Waals surface area contributed by atoms with Gasteiger partial charge in [-0.2, -0.15) is 0 Å². The quantitative estimate of drug-likeness (QED) is 0.731. The number of hydrogen-bond acceptors (Lipinski definition) is 3. The number of rotatable bonds is 8. The van der Waals surface area contributed by atoms with Gasteiger partial charge in [0.2, 0.25) is 0 Å². The summed E-state index contributed by atoms with van der Waals surface area (Å²) in [7, 11) is 4.04. The third-order valence-electron chi connectivity index (χ3n) is 3.20. The van der Waals surface area contributed by atoms with Crippen LogP contribution in [0.15, 0.2) is 18.2 Å². The Hall–Kier alpha value is -1.13. The van der Waals surface area contributed by atoms with Crippen LogP contribution in [0.25, 0.3) is 0 Å². The zero-order valence-electron chi connectivity index (χ0n) is 11.8. The lowest BCUT2D eigenvalue weighted by Gasteiger charge is -2.14. The Bertz CT molecular complexity index is 405. The maximum atomic E-state index is 13.8. The summed E-state index contributed by atoms with van der Waals surface area (Å²) in [6.45, 7) is 2.19. The van der Waals surface area contributed by atoms with E-state index in [1.807, 2.05) is 20.2 Å². The van der Waals surface area contributed by atoms with Gasteiger partial charge in [-0.25, -0.2) is 4.39 Å². The summed E-state index contributed by atoms with van der Waals surface area (Å²) in [5.41, 5.74) is 0.914. The molecule has 1 aromatic carbocycles. The summed E-state index contributed by atoms with van der Waals surface area (Å²) in [5.74, 6) is 0.148. The van der Waals surface area contributed by atoms with Gasteiger partial charge in [0.25, 0.3) is 0 Å². The van der Waals surface area contributed by atoms with Gasteiger partial charge in [-0.05, 0) is 39.4 Å². The van der Waals surface area contributed by atoms with Crippen LogP contribution in [-0.4, -0.2) is 38.2 Å². The van der Waals surface area contributed by atoms with E-state index in [0.717, 1.165) is 18.5 Å². The Balaban J connectivity index is 1.88. The Morgan fingerprint density at radius 3 is 2.84 bits per heavy atom. The first-order chi connectivity index (χ1) is 9.16. The zero-order valence-corrected chi connectivity index (χ0v) is 11.8. The minimum absolute atomic E-state index is 0.264. The number of benzene rings is 1. The van der Waals surface area contributed by atoms with Crippen molar-refractivity contribution in [2.24, 2.45) is 0 Å². The fraction of sp³-hybridized carbons (Fsp3) is 0.600. The average molecular weight is 266 g/mol. The van der Waals surface area contributed by atoms with Crippen LogP contribution in [0.3, 0.4) is 0 Å². The standard InChI is InChI=1S/C15H23FN2O/c1-18(2)9-4-10-19-15-12(5-3-6-14(15)16)11-17-13-7-8-13/h3,5-6,13,17H,4,7-11H2,1-2H3. The summed E-state index contributed by atoms with van der Waals surface area (Å²) in [6, 6.07) is 5.75. The number of nitrogens with one attached hydrogen (secondary N) is 1. The first-order valence-electron chi connectivity index (χ1n) is 6.95. The molecule has 1 saturated carbocycles. The zero-order chi connectivity index (χ0) is 13.7. The van der Waals surface area contributed by atoms with Crippen LogP contribution in [0.5, 0.6) is 5.75 Å². The Labute approximate surface area is 114 Å². The van der Waals surface area contributed by atoms with Crippen LogP contribution in [0.2, 0.25) is 0 Å². The van der Waals surface area contributed by atoms with Crippen molar-refractivity contribution >= 4 is 0 Å². The van der Waals surface area contributed by atoms with Crippen molar-refractivity contribution in [1.29, 1.82) is 0 Å². The topological polar surface area (TPSA) is 24.5 Å². The van der Waals surface area contributed by atoms with Gasteiger partial charge in [0.05, 0.1) is 6.61 Å². The fourth-order valence-electron chi connectivity index (χ4n) is 1.95. The van der Waals surface area contributed by atoms with E-state index in [-0.39, 0.29) is 5.82 Å². The molecule has 0 spiro atoms. The largest absolute Gasteiger partial charge is 0.490 e.